The van der Waals surface area contributed by atoms with Gasteiger partial charge >= 0.3 is 0 Å². The number of anilines is 1. The van der Waals surface area contributed by atoms with Crippen molar-refractivity contribution in [1.82, 2.24) is 15.2 Å². The van der Waals surface area contributed by atoms with Crippen molar-refractivity contribution in [3.63, 3.8) is 0 Å². The molecular formula is C31H33FN4O4. The van der Waals surface area contributed by atoms with Crippen molar-refractivity contribution in [3.05, 3.63) is 78.1 Å². The molecular weight excluding hydrogens is 511 g/mol. The number of hydrogen-bond acceptors (Lipinski definition) is 6. The highest BCUT2D eigenvalue weighted by Crippen LogP contribution is 2.29. The molecule has 0 radical (unpaired) electrons. The van der Waals surface area contributed by atoms with Crippen molar-refractivity contribution in [1.29, 1.82) is 0 Å². The van der Waals surface area contributed by atoms with Gasteiger partial charge in [0, 0.05) is 38.0 Å². The Bertz CT molecular complexity index is 1370. The molecule has 0 spiro atoms. The zero-order chi connectivity index (χ0) is 28.4. The number of para-hydroxylation sites is 1. The highest BCUT2D eigenvalue weighted by Gasteiger charge is 2.41. The molecule has 8 nitrogen and oxygen atoms in total. The summed E-state index contributed by atoms with van der Waals surface area (Å²) in [4.78, 5) is 31.6. The van der Waals surface area contributed by atoms with Gasteiger partial charge in [0.1, 0.15) is 29.5 Å². The summed E-state index contributed by atoms with van der Waals surface area (Å²) in [6.45, 7) is 3.98. The van der Waals surface area contributed by atoms with E-state index < -0.39 is 5.67 Å². The predicted octanol–water partition coefficient (Wildman–Crippen LogP) is 4.45. The topological polar surface area (TPSA) is 84.0 Å². The van der Waals surface area contributed by atoms with E-state index in [-0.39, 0.29) is 24.8 Å². The van der Waals surface area contributed by atoms with Gasteiger partial charge in [0.05, 0.1) is 12.2 Å². The minimum absolute atomic E-state index is 0.151. The average molecular weight is 545 g/mol. The van der Waals surface area contributed by atoms with Crippen molar-refractivity contribution in [2.75, 3.05) is 44.7 Å². The molecule has 0 atom stereocenters. The fourth-order valence-corrected chi connectivity index (χ4v) is 4.15. The number of hydrogen-bond donors (Lipinski definition) is 1. The molecule has 1 fully saturated rings. The van der Waals surface area contributed by atoms with Crippen LogP contribution < -0.4 is 19.7 Å². The third kappa shape index (κ3) is 7.80. The molecule has 40 heavy (non-hydrogen) atoms. The number of pyridine rings is 1. The number of benzene rings is 2. The Hall–Kier alpha value is -4.42. The second-order valence-electron chi connectivity index (χ2n) is 9.57. The van der Waals surface area contributed by atoms with E-state index in [2.05, 4.69) is 34.0 Å². The third-order valence-electron chi connectivity index (χ3n) is 6.29. The fourth-order valence-electron chi connectivity index (χ4n) is 4.15. The van der Waals surface area contributed by atoms with E-state index in [1.807, 2.05) is 30.3 Å². The second-order valence-corrected chi connectivity index (χ2v) is 9.57. The number of alkyl halides is 1. The number of amides is 2. The van der Waals surface area contributed by atoms with Crippen molar-refractivity contribution in [3.8, 4) is 29.1 Å². The Morgan fingerprint density at radius 2 is 1.98 bits per heavy atom. The minimum Gasteiger partial charge on any atom is -0.490 e. The zero-order valence-corrected chi connectivity index (χ0v) is 22.7. The normalized spacial score (nSPS) is 13.8. The lowest BCUT2D eigenvalue weighted by atomic mass is 9.96. The SMILES string of the molecule is CCCCN1CC(F)(C#Cc2ccc(OCCNC(=O)c3cc(Oc4ccccc4)ccn3)c(N(C)C=O)c2)C1. The van der Waals surface area contributed by atoms with E-state index in [9.17, 15) is 14.0 Å². The maximum absolute atomic E-state index is 14.8. The molecule has 2 amide bonds. The van der Waals surface area contributed by atoms with Gasteiger partial charge in [-0.25, -0.2) is 4.39 Å². The standard InChI is InChI=1S/C31H33FN4O4/c1-3-4-17-36-21-31(32,22-36)14-12-24-10-11-29(28(19-24)35(2)23-37)39-18-16-34-30(38)27-20-26(13-15-33-27)40-25-8-6-5-7-9-25/h5-11,13,15,19-20,23H,3-4,16-18,21-22H2,1-2H3,(H,34,38). The van der Waals surface area contributed by atoms with E-state index in [0.29, 0.717) is 48.0 Å². The van der Waals surface area contributed by atoms with Crippen LogP contribution in [0.15, 0.2) is 66.9 Å². The molecule has 0 saturated carbocycles. The second kappa shape index (κ2) is 13.6. The van der Waals surface area contributed by atoms with Crippen molar-refractivity contribution < 1.29 is 23.5 Å². The van der Waals surface area contributed by atoms with Gasteiger partial charge in [-0.1, -0.05) is 43.4 Å². The number of carbonyl (C=O) groups is 2. The summed E-state index contributed by atoms with van der Waals surface area (Å²) in [7, 11) is 1.60. The Kier molecular flexibility index (Phi) is 9.71. The molecule has 1 aromatic heterocycles. The number of halogens is 1. The van der Waals surface area contributed by atoms with Crippen LogP contribution in [0.5, 0.6) is 17.2 Å². The van der Waals surface area contributed by atoms with Gasteiger partial charge in [-0.2, -0.15) is 0 Å². The minimum atomic E-state index is -1.51. The number of unbranched alkanes of at least 4 members (excludes halogenated alkanes) is 1. The Morgan fingerprint density at radius 3 is 2.73 bits per heavy atom. The number of nitrogens with zero attached hydrogens (tertiary/aromatic N) is 3. The lowest BCUT2D eigenvalue weighted by Gasteiger charge is -2.41. The summed E-state index contributed by atoms with van der Waals surface area (Å²) in [5.41, 5.74) is -0.230. The number of rotatable bonds is 12. The molecule has 0 unspecified atom stereocenters. The zero-order valence-electron chi connectivity index (χ0n) is 22.7. The van der Waals surface area contributed by atoms with E-state index in [0.717, 1.165) is 19.4 Å². The molecule has 1 saturated heterocycles. The number of nitrogens with one attached hydrogen (secondary N) is 1. The molecule has 0 bridgehead atoms. The molecule has 9 heteroatoms. The van der Waals surface area contributed by atoms with E-state index in [4.69, 9.17) is 9.47 Å². The number of aromatic nitrogens is 1. The maximum atomic E-state index is 14.8. The Balaban J connectivity index is 1.31. The predicted molar refractivity (Wildman–Crippen MR) is 152 cm³/mol. The maximum Gasteiger partial charge on any atom is 0.270 e. The Labute approximate surface area is 234 Å². The summed E-state index contributed by atoms with van der Waals surface area (Å²) in [6.07, 6.45) is 4.29. The van der Waals surface area contributed by atoms with Crippen LogP contribution >= 0.6 is 0 Å². The molecule has 4 rings (SSSR count). The largest absolute Gasteiger partial charge is 0.490 e. The van der Waals surface area contributed by atoms with Crippen molar-refractivity contribution in [2.24, 2.45) is 0 Å². The van der Waals surface area contributed by atoms with Crippen LogP contribution in [-0.4, -0.2) is 67.7 Å². The fraction of sp³-hybridized carbons (Fsp3) is 0.323. The van der Waals surface area contributed by atoms with Crippen LogP contribution in [0.4, 0.5) is 10.1 Å². The molecule has 1 aliphatic rings. The van der Waals surface area contributed by atoms with E-state index in [1.54, 1.807) is 37.4 Å². The third-order valence-corrected chi connectivity index (χ3v) is 6.29. The van der Waals surface area contributed by atoms with Crippen molar-refractivity contribution >= 4 is 18.0 Å². The number of likely N-dealkylation sites (tertiary alicyclic amines) is 1. The lowest BCUT2D eigenvalue weighted by molar-refractivity contribution is -0.107. The summed E-state index contributed by atoms with van der Waals surface area (Å²) in [6, 6.07) is 17.6. The van der Waals surface area contributed by atoms with Crippen LogP contribution in [0.25, 0.3) is 0 Å². The van der Waals surface area contributed by atoms with Gasteiger partial charge in [-0.3, -0.25) is 19.5 Å². The quantitative estimate of drug-likeness (QED) is 0.206. The first-order chi connectivity index (χ1) is 19.4. The van der Waals surface area contributed by atoms with Gasteiger partial charge in [0.15, 0.2) is 5.67 Å². The van der Waals surface area contributed by atoms with Crippen LogP contribution in [0.3, 0.4) is 0 Å². The van der Waals surface area contributed by atoms with Crippen LogP contribution in [0, 0.1) is 11.8 Å². The van der Waals surface area contributed by atoms with Crippen LogP contribution in [0.2, 0.25) is 0 Å². The van der Waals surface area contributed by atoms with Gasteiger partial charge in [-0.15, -0.1) is 0 Å². The lowest BCUT2D eigenvalue weighted by Crippen LogP contribution is -2.58. The summed E-state index contributed by atoms with van der Waals surface area (Å²) >= 11 is 0. The molecule has 0 aliphatic carbocycles. The summed E-state index contributed by atoms with van der Waals surface area (Å²) in [5, 5.41) is 2.77. The Morgan fingerprint density at radius 1 is 1.18 bits per heavy atom. The van der Waals surface area contributed by atoms with E-state index in [1.165, 1.54) is 11.1 Å². The molecule has 3 aromatic rings. The van der Waals surface area contributed by atoms with Crippen LogP contribution in [0.1, 0.15) is 35.8 Å². The highest BCUT2D eigenvalue weighted by molar-refractivity contribution is 5.92. The van der Waals surface area contributed by atoms with Crippen LogP contribution in [-0.2, 0) is 4.79 Å². The molecule has 208 valence electrons. The first-order valence-electron chi connectivity index (χ1n) is 13.3. The molecule has 1 N–H and O–H groups in total. The van der Waals surface area contributed by atoms with E-state index >= 15 is 0 Å². The van der Waals surface area contributed by atoms with Gasteiger partial charge in [0.2, 0.25) is 6.41 Å². The first kappa shape index (κ1) is 28.6. The molecule has 2 aromatic carbocycles. The van der Waals surface area contributed by atoms with Gasteiger partial charge < -0.3 is 19.7 Å². The molecule has 1 aliphatic heterocycles. The highest BCUT2D eigenvalue weighted by atomic mass is 19.1. The monoisotopic (exact) mass is 544 g/mol. The number of ether oxygens (including phenoxy) is 2. The smallest absolute Gasteiger partial charge is 0.270 e. The van der Waals surface area contributed by atoms with Gasteiger partial charge in [-0.05, 0) is 49.4 Å². The molecule has 2 heterocycles. The van der Waals surface area contributed by atoms with Gasteiger partial charge in [0.25, 0.3) is 5.91 Å². The first-order valence-corrected chi connectivity index (χ1v) is 13.3. The summed E-state index contributed by atoms with van der Waals surface area (Å²) < 4.78 is 26.4. The summed E-state index contributed by atoms with van der Waals surface area (Å²) in [5.74, 6) is 6.88. The van der Waals surface area contributed by atoms with Crippen molar-refractivity contribution in [2.45, 2.75) is 25.4 Å². The number of carbonyl (C=O) groups excluding carboxylic acids is 2. The average Bonchev–Trinajstić information content (AvgIpc) is 2.96.